The Balaban J connectivity index is 1.64. The molecule has 0 atom stereocenters. The van der Waals surface area contributed by atoms with Crippen LogP contribution in [0.2, 0.25) is 0 Å². The first kappa shape index (κ1) is 18.1. The molecule has 1 aliphatic rings. The van der Waals surface area contributed by atoms with Gasteiger partial charge in [0.25, 0.3) is 0 Å². The van der Waals surface area contributed by atoms with Gasteiger partial charge in [-0.15, -0.1) is 0 Å². The number of nitrogens with two attached hydrogens (primary N) is 2. The maximum atomic E-state index is 14.8. The van der Waals surface area contributed by atoms with Crippen LogP contribution in [0.4, 0.5) is 10.3 Å². The molecule has 0 saturated carbocycles. The van der Waals surface area contributed by atoms with Gasteiger partial charge in [0.15, 0.2) is 0 Å². The highest BCUT2D eigenvalue weighted by molar-refractivity contribution is 8.14. The van der Waals surface area contributed by atoms with Crippen molar-refractivity contribution in [3.8, 4) is 22.3 Å². The first-order valence-corrected chi connectivity index (χ1v) is 9.38. The molecule has 6 nitrogen and oxygen atoms in total. The summed E-state index contributed by atoms with van der Waals surface area (Å²) in [5, 5.41) is 0.887. The van der Waals surface area contributed by atoms with Gasteiger partial charge >= 0.3 is 0 Å². The number of anilines is 1. The Morgan fingerprint density at radius 2 is 1.64 bits per heavy atom. The van der Waals surface area contributed by atoms with E-state index < -0.39 is 0 Å². The predicted octanol–water partition coefficient (Wildman–Crippen LogP) is 3.39. The summed E-state index contributed by atoms with van der Waals surface area (Å²) in [4.78, 5) is 17.5. The van der Waals surface area contributed by atoms with E-state index in [0.29, 0.717) is 30.1 Å². The van der Waals surface area contributed by atoms with E-state index in [1.807, 2.05) is 30.3 Å². The van der Waals surface area contributed by atoms with Crippen LogP contribution in [0.1, 0.15) is 0 Å². The van der Waals surface area contributed by atoms with E-state index in [4.69, 9.17) is 11.5 Å². The number of halogens is 1. The molecule has 0 aliphatic carbocycles. The van der Waals surface area contributed by atoms with Gasteiger partial charge in [0, 0.05) is 28.4 Å². The van der Waals surface area contributed by atoms with Gasteiger partial charge < -0.3 is 11.5 Å². The van der Waals surface area contributed by atoms with Crippen LogP contribution < -0.4 is 11.5 Å². The predicted molar refractivity (Wildman–Crippen MR) is 112 cm³/mol. The minimum atomic E-state index is -0.349. The second kappa shape index (κ2) is 7.77. The number of thioether (sulfide) groups is 1. The first-order valence-electron chi connectivity index (χ1n) is 8.57. The molecule has 0 amide bonds. The lowest BCUT2D eigenvalue weighted by Crippen LogP contribution is -2.22. The van der Waals surface area contributed by atoms with Gasteiger partial charge in [0.1, 0.15) is 11.7 Å². The third kappa shape index (κ3) is 3.86. The molecule has 4 N–H and O–H groups in total. The maximum Gasteiger partial charge on any atom is 0.219 e. The summed E-state index contributed by atoms with van der Waals surface area (Å²) in [5.74, 6) is 0.350. The standard InChI is InChI=1S/C20H17FN6S/c21-16-7-12(5-6-14(16)13-8-26-20(23)27-9-13)15-3-1-2-4-17(15)28-19-11-24-18(22)10-25-19/h1-9H,10-11H2,(H2,22,24)(H2,23,26,27). The second-order valence-electron chi connectivity index (χ2n) is 6.14. The summed E-state index contributed by atoms with van der Waals surface area (Å²) in [7, 11) is 0. The van der Waals surface area contributed by atoms with Crippen LogP contribution >= 0.6 is 11.8 Å². The van der Waals surface area contributed by atoms with Crippen LogP contribution in [-0.4, -0.2) is 33.9 Å². The first-order chi connectivity index (χ1) is 13.6. The minimum Gasteiger partial charge on any atom is -0.386 e. The highest BCUT2D eigenvalue weighted by Gasteiger charge is 2.14. The number of aliphatic imine (C=N–C) groups is 2. The molecule has 4 rings (SSSR count). The highest BCUT2D eigenvalue weighted by atomic mass is 32.2. The molecule has 0 saturated heterocycles. The Morgan fingerprint density at radius 3 is 2.36 bits per heavy atom. The molecule has 0 unspecified atom stereocenters. The molecule has 8 heteroatoms. The van der Waals surface area contributed by atoms with Crippen molar-refractivity contribution < 1.29 is 4.39 Å². The SMILES string of the molecule is NC1=NCC(Sc2ccccc2-c2ccc(-c3cnc(N)nc3)c(F)c2)=NC1. The smallest absolute Gasteiger partial charge is 0.219 e. The summed E-state index contributed by atoms with van der Waals surface area (Å²) in [6.45, 7) is 0.882. The van der Waals surface area contributed by atoms with Gasteiger partial charge in [-0.1, -0.05) is 42.1 Å². The zero-order valence-electron chi connectivity index (χ0n) is 14.8. The lowest BCUT2D eigenvalue weighted by molar-refractivity contribution is 0.631. The topological polar surface area (TPSA) is 103 Å². The van der Waals surface area contributed by atoms with Crippen molar-refractivity contribution in [2.45, 2.75) is 4.90 Å². The fraction of sp³-hybridized carbons (Fsp3) is 0.100. The number of hydrogen-bond acceptors (Lipinski definition) is 7. The van der Waals surface area contributed by atoms with Gasteiger partial charge in [0.05, 0.1) is 18.1 Å². The van der Waals surface area contributed by atoms with Crippen molar-refractivity contribution in [1.82, 2.24) is 9.97 Å². The number of benzene rings is 2. The highest BCUT2D eigenvalue weighted by Crippen LogP contribution is 2.34. The van der Waals surface area contributed by atoms with Crippen molar-refractivity contribution in [2.24, 2.45) is 15.7 Å². The Morgan fingerprint density at radius 1 is 0.857 bits per heavy atom. The summed E-state index contributed by atoms with van der Waals surface area (Å²) in [5.41, 5.74) is 13.9. The largest absolute Gasteiger partial charge is 0.386 e. The van der Waals surface area contributed by atoms with Crippen molar-refractivity contribution in [1.29, 1.82) is 0 Å². The van der Waals surface area contributed by atoms with Crippen LogP contribution in [0.3, 0.4) is 0 Å². The van der Waals surface area contributed by atoms with E-state index in [1.54, 1.807) is 6.07 Å². The molecule has 140 valence electrons. The summed E-state index contributed by atoms with van der Waals surface area (Å²) in [6, 6.07) is 13.0. The van der Waals surface area contributed by atoms with E-state index in [9.17, 15) is 4.39 Å². The van der Waals surface area contributed by atoms with Crippen molar-refractivity contribution in [3.63, 3.8) is 0 Å². The average Bonchev–Trinajstić information content (AvgIpc) is 2.71. The number of hydrogen-bond donors (Lipinski definition) is 2. The van der Waals surface area contributed by atoms with Gasteiger partial charge in [-0.25, -0.2) is 14.4 Å². The summed E-state index contributed by atoms with van der Waals surface area (Å²) in [6.07, 6.45) is 3.02. The molecule has 0 spiro atoms. The molecular formula is C20H17FN6S. The van der Waals surface area contributed by atoms with E-state index >= 15 is 0 Å². The number of nitrogen functional groups attached to an aromatic ring is 1. The third-order valence-corrected chi connectivity index (χ3v) is 5.28. The van der Waals surface area contributed by atoms with Crippen molar-refractivity contribution >= 4 is 28.6 Å². The van der Waals surface area contributed by atoms with Gasteiger partial charge in [0.2, 0.25) is 5.95 Å². The molecular weight excluding hydrogens is 375 g/mol. The number of nitrogens with zero attached hydrogens (tertiary/aromatic N) is 4. The second-order valence-corrected chi connectivity index (χ2v) is 7.26. The maximum absolute atomic E-state index is 14.8. The molecule has 1 aliphatic heterocycles. The zero-order chi connectivity index (χ0) is 19.5. The van der Waals surface area contributed by atoms with Gasteiger partial charge in [-0.3, -0.25) is 9.98 Å². The van der Waals surface area contributed by atoms with Crippen molar-refractivity contribution in [2.75, 3.05) is 18.8 Å². The number of amidine groups is 1. The fourth-order valence-corrected chi connectivity index (χ4v) is 3.77. The Hall–Kier alpha value is -3.26. The molecule has 3 aromatic rings. The molecule has 0 fully saturated rings. The quantitative estimate of drug-likeness (QED) is 0.711. The van der Waals surface area contributed by atoms with E-state index in [1.165, 1.54) is 30.2 Å². The Labute approximate surface area is 165 Å². The molecule has 2 heterocycles. The van der Waals surface area contributed by atoms with E-state index in [2.05, 4.69) is 20.0 Å². The fourth-order valence-electron chi connectivity index (χ4n) is 2.82. The van der Waals surface area contributed by atoms with E-state index in [0.717, 1.165) is 21.1 Å². The zero-order valence-corrected chi connectivity index (χ0v) is 15.7. The molecule has 2 aromatic carbocycles. The summed E-state index contributed by atoms with van der Waals surface area (Å²) < 4.78 is 14.8. The van der Waals surface area contributed by atoms with Crippen LogP contribution in [0.25, 0.3) is 22.3 Å². The normalized spacial score (nSPS) is 13.8. The lowest BCUT2D eigenvalue weighted by atomic mass is 10.0. The van der Waals surface area contributed by atoms with Crippen LogP contribution in [-0.2, 0) is 0 Å². The number of rotatable bonds is 3. The van der Waals surface area contributed by atoms with Gasteiger partial charge in [-0.05, 0) is 23.3 Å². The Bertz CT molecular complexity index is 1080. The monoisotopic (exact) mass is 392 g/mol. The van der Waals surface area contributed by atoms with Crippen molar-refractivity contribution in [3.05, 3.63) is 60.7 Å². The number of aromatic nitrogens is 2. The van der Waals surface area contributed by atoms with Gasteiger partial charge in [-0.2, -0.15) is 0 Å². The third-order valence-electron chi connectivity index (χ3n) is 4.21. The minimum absolute atomic E-state index is 0.156. The molecule has 28 heavy (non-hydrogen) atoms. The molecule has 0 radical (unpaired) electrons. The Kier molecular flexibility index (Phi) is 5.03. The molecule has 1 aromatic heterocycles. The average molecular weight is 392 g/mol. The van der Waals surface area contributed by atoms with Crippen LogP contribution in [0.5, 0.6) is 0 Å². The molecule has 0 bridgehead atoms. The van der Waals surface area contributed by atoms with Crippen LogP contribution in [0, 0.1) is 5.82 Å². The summed E-state index contributed by atoms with van der Waals surface area (Å²) >= 11 is 1.53. The lowest BCUT2D eigenvalue weighted by Gasteiger charge is -2.13. The van der Waals surface area contributed by atoms with E-state index in [-0.39, 0.29) is 11.8 Å². The van der Waals surface area contributed by atoms with Crippen LogP contribution in [0.15, 0.2) is 69.7 Å².